The minimum Gasteiger partial charge on any atom is -0.872 e. The predicted molar refractivity (Wildman–Crippen MR) is 60.7 cm³/mol. The van der Waals surface area contributed by atoms with Crippen molar-refractivity contribution < 1.29 is 44.6 Å². The molecule has 0 aliphatic carbocycles. The molecule has 4 heteroatoms. The van der Waals surface area contributed by atoms with Crippen LogP contribution in [0.3, 0.4) is 0 Å². The summed E-state index contributed by atoms with van der Waals surface area (Å²) in [6.07, 6.45) is 5.00. The fraction of sp³-hybridized carbons (Fsp3) is 0.462. The molecule has 0 unspecified atom stereocenters. The quantitative estimate of drug-likeness (QED) is 0.546. The van der Waals surface area contributed by atoms with Gasteiger partial charge in [-0.3, -0.25) is 0 Å². The van der Waals surface area contributed by atoms with Gasteiger partial charge in [-0.2, -0.15) is 0 Å². The normalized spacial score (nSPS) is 9.71. The standard InChI is InChI=1S/C13H18O3.Na/c1-2-3-4-5-6-10-9-11(14)7-8-12(10)13(15)16;/h7-9,14H,2-6H2,1H3,(H,15,16);/q;+1/p-1. The van der Waals surface area contributed by atoms with Gasteiger partial charge in [-0.15, -0.1) is 5.75 Å². The van der Waals surface area contributed by atoms with Crippen LogP contribution in [-0.4, -0.2) is 11.1 Å². The van der Waals surface area contributed by atoms with Crippen LogP contribution in [0.25, 0.3) is 0 Å². The number of carboxylic acids is 1. The summed E-state index contributed by atoms with van der Waals surface area (Å²) in [5, 5.41) is 20.1. The van der Waals surface area contributed by atoms with E-state index in [1.54, 1.807) is 0 Å². The third-order valence-corrected chi connectivity index (χ3v) is 2.61. The first-order chi connectivity index (χ1) is 7.65. The van der Waals surface area contributed by atoms with E-state index in [2.05, 4.69) is 6.92 Å². The molecule has 0 aliphatic heterocycles. The smallest absolute Gasteiger partial charge is 0.872 e. The Morgan fingerprint density at radius 1 is 1.29 bits per heavy atom. The number of carbonyl (C=O) groups is 1. The number of benzene rings is 1. The first-order valence-corrected chi connectivity index (χ1v) is 5.68. The third kappa shape index (κ3) is 5.57. The van der Waals surface area contributed by atoms with E-state index in [1.165, 1.54) is 18.2 Å². The van der Waals surface area contributed by atoms with Crippen LogP contribution in [0.5, 0.6) is 5.75 Å². The molecule has 3 nitrogen and oxygen atoms in total. The van der Waals surface area contributed by atoms with Gasteiger partial charge in [0.25, 0.3) is 0 Å². The molecule has 0 bridgehead atoms. The van der Waals surface area contributed by atoms with Gasteiger partial charge < -0.3 is 10.2 Å². The van der Waals surface area contributed by atoms with Gasteiger partial charge in [0.15, 0.2) is 0 Å². The summed E-state index contributed by atoms with van der Waals surface area (Å²) in [4.78, 5) is 10.9. The zero-order chi connectivity index (χ0) is 12.0. The van der Waals surface area contributed by atoms with E-state index in [4.69, 9.17) is 5.11 Å². The summed E-state index contributed by atoms with van der Waals surface area (Å²) in [5.41, 5.74) is 0.923. The molecule has 0 radical (unpaired) electrons. The molecule has 1 rings (SSSR count). The molecule has 1 aromatic rings. The van der Waals surface area contributed by atoms with Gasteiger partial charge in [0, 0.05) is 0 Å². The van der Waals surface area contributed by atoms with E-state index in [1.807, 2.05) is 0 Å². The molecule has 1 N–H and O–H groups in total. The first-order valence-electron chi connectivity index (χ1n) is 5.68. The van der Waals surface area contributed by atoms with Crippen LogP contribution in [0.2, 0.25) is 0 Å². The Balaban J connectivity index is 0.00000256. The number of aromatic carboxylic acids is 1. The molecule has 0 atom stereocenters. The zero-order valence-corrected chi connectivity index (χ0v) is 12.5. The number of rotatable bonds is 6. The number of hydrogen-bond acceptors (Lipinski definition) is 2. The molecule has 0 spiro atoms. The van der Waals surface area contributed by atoms with Crippen molar-refractivity contribution in [2.24, 2.45) is 0 Å². The van der Waals surface area contributed by atoms with Crippen LogP contribution in [0.1, 0.15) is 48.5 Å². The van der Waals surface area contributed by atoms with Crippen molar-refractivity contribution in [3.63, 3.8) is 0 Å². The van der Waals surface area contributed by atoms with Crippen LogP contribution >= 0.6 is 0 Å². The number of carboxylic acid groups (broad SMARTS) is 1. The van der Waals surface area contributed by atoms with Gasteiger partial charge >= 0.3 is 35.5 Å². The van der Waals surface area contributed by atoms with Gasteiger partial charge in [0.05, 0.1) is 5.56 Å². The molecule has 0 aromatic heterocycles. The Bertz CT molecular complexity index is 364. The molecule has 0 aliphatic rings. The van der Waals surface area contributed by atoms with Crippen molar-refractivity contribution in [1.82, 2.24) is 0 Å². The molecule has 0 amide bonds. The zero-order valence-electron chi connectivity index (χ0n) is 10.5. The van der Waals surface area contributed by atoms with E-state index in [9.17, 15) is 9.90 Å². The fourth-order valence-electron chi connectivity index (χ4n) is 1.73. The topological polar surface area (TPSA) is 60.4 Å². The predicted octanol–water partition coefficient (Wildman–Crippen LogP) is -0.415. The fourth-order valence-corrected chi connectivity index (χ4v) is 1.73. The SMILES string of the molecule is CCCCCCc1cc([O-])ccc1C(=O)O.[Na+]. The van der Waals surface area contributed by atoms with Crippen LogP contribution in [0.15, 0.2) is 18.2 Å². The number of unbranched alkanes of at least 4 members (excludes halogenated alkanes) is 3. The average molecular weight is 244 g/mol. The molecule has 0 saturated carbocycles. The molecule has 0 heterocycles. The minimum absolute atomic E-state index is 0. The van der Waals surface area contributed by atoms with Crippen LogP contribution in [-0.2, 0) is 6.42 Å². The molecule has 0 saturated heterocycles. The van der Waals surface area contributed by atoms with E-state index < -0.39 is 5.97 Å². The summed E-state index contributed by atoms with van der Waals surface area (Å²) in [6.45, 7) is 2.13. The number of aryl methyl sites for hydroxylation is 1. The molecular formula is C13H17NaO3. The second kappa shape index (κ2) is 8.56. The third-order valence-electron chi connectivity index (χ3n) is 2.61. The summed E-state index contributed by atoms with van der Waals surface area (Å²) >= 11 is 0. The second-order valence-corrected chi connectivity index (χ2v) is 3.93. The summed E-state index contributed by atoms with van der Waals surface area (Å²) in [5.74, 6) is -1.07. The molecule has 0 fully saturated rings. The minimum atomic E-state index is -0.953. The Hall–Kier alpha value is -0.510. The molecular weight excluding hydrogens is 227 g/mol. The summed E-state index contributed by atoms with van der Waals surface area (Å²) in [6, 6.07) is 4.15. The largest absolute Gasteiger partial charge is 1.00 e. The maximum atomic E-state index is 11.2. The van der Waals surface area contributed by atoms with Crippen molar-refractivity contribution in [2.75, 3.05) is 0 Å². The van der Waals surface area contributed by atoms with E-state index >= 15 is 0 Å². The second-order valence-electron chi connectivity index (χ2n) is 3.93. The Labute approximate surface area is 124 Å². The Kier molecular flexibility index (Phi) is 8.30. The van der Waals surface area contributed by atoms with Crippen molar-refractivity contribution in [3.8, 4) is 5.75 Å². The van der Waals surface area contributed by atoms with E-state index in [0.29, 0.717) is 12.0 Å². The molecule has 88 valence electrons. The van der Waals surface area contributed by atoms with Crippen molar-refractivity contribution in [3.05, 3.63) is 29.3 Å². The van der Waals surface area contributed by atoms with Crippen LogP contribution in [0, 0.1) is 0 Å². The molecule has 1 aromatic carbocycles. The van der Waals surface area contributed by atoms with Crippen LogP contribution in [0.4, 0.5) is 0 Å². The first kappa shape index (κ1) is 16.5. The van der Waals surface area contributed by atoms with E-state index in [0.717, 1.165) is 25.7 Å². The van der Waals surface area contributed by atoms with Gasteiger partial charge in [-0.1, -0.05) is 38.3 Å². The monoisotopic (exact) mass is 244 g/mol. The summed E-state index contributed by atoms with van der Waals surface area (Å²) in [7, 11) is 0. The van der Waals surface area contributed by atoms with Gasteiger partial charge in [-0.25, -0.2) is 4.79 Å². The Morgan fingerprint density at radius 3 is 2.59 bits per heavy atom. The van der Waals surface area contributed by atoms with Gasteiger partial charge in [0.1, 0.15) is 0 Å². The molecule has 17 heavy (non-hydrogen) atoms. The van der Waals surface area contributed by atoms with Crippen molar-refractivity contribution >= 4 is 5.97 Å². The van der Waals surface area contributed by atoms with Gasteiger partial charge in [-0.05, 0) is 24.5 Å². The number of hydrogen-bond donors (Lipinski definition) is 1. The Morgan fingerprint density at radius 2 is 2.00 bits per heavy atom. The maximum Gasteiger partial charge on any atom is 1.00 e. The van der Waals surface area contributed by atoms with Crippen molar-refractivity contribution in [2.45, 2.75) is 39.0 Å². The van der Waals surface area contributed by atoms with E-state index in [-0.39, 0.29) is 40.9 Å². The van der Waals surface area contributed by atoms with Crippen LogP contribution < -0.4 is 34.7 Å². The summed E-state index contributed by atoms with van der Waals surface area (Å²) < 4.78 is 0. The maximum absolute atomic E-state index is 11.2. The van der Waals surface area contributed by atoms with Gasteiger partial charge in [0.2, 0.25) is 0 Å². The van der Waals surface area contributed by atoms with Crippen molar-refractivity contribution in [1.29, 1.82) is 0 Å². The average Bonchev–Trinajstić information content (AvgIpc) is 2.24.